The fraction of sp³-hybridized carbons (Fsp3) is 0.533. The van der Waals surface area contributed by atoms with E-state index in [-0.39, 0.29) is 17.6 Å². The summed E-state index contributed by atoms with van der Waals surface area (Å²) in [5, 5.41) is 14.4. The molecular weight excluding hydrogens is 270 g/mol. The summed E-state index contributed by atoms with van der Waals surface area (Å²) >= 11 is 0. The third-order valence-electron chi connectivity index (χ3n) is 4.62. The van der Waals surface area contributed by atoms with Crippen LogP contribution in [0.2, 0.25) is 0 Å². The Balaban J connectivity index is 1.75. The second kappa shape index (κ2) is 5.44. The van der Waals surface area contributed by atoms with Gasteiger partial charge in [0.25, 0.3) is 11.6 Å². The summed E-state index contributed by atoms with van der Waals surface area (Å²) in [4.78, 5) is 24.6. The Morgan fingerprint density at radius 1 is 1.33 bits per heavy atom. The van der Waals surface area contributed by atoms with Crippen molar-refractivity contribution >= 4 is 11.6 Å². The Hall–Kier alpha value is -1.95. The van der Waals surface area contributed by atoms with Gasteiger partial charge in [0.15, 0.2) is 0 Å². The zero-order valence-electron chi connectivity index (χ0n) is 12.0. The van der Waals surface area contributed by atoms with Crippen molar-refractivity contribution in [3.63, 3.8) is 0 Å². The highest BCUT2D eigenvalue weighted by molar-refractivity contribution is 5.94. The molecule has 0 radical (unpaired) electrons. The number of carbonyl (C=O) groups is 1. The number of nitro benzene ring substituents is 1. The van der Waals surface area contributed by atoms with Crippen molar-refractivity contribution in [3.05, 3.63) is 39.9 Å². The Bertz CT molecular complexity index is 563. The molecule has 0 spiro atoms. The molecule has 21 heavy (non-hydrogen) atoms. The first-order chi connectivity index (χ1) is 10.0. The van der Waals surface area contributed by atoms with Crippen LogP contribution in [0.5, 0.6) is 0 Å². The number of benzene rings is 1. The summed E-state index contributed by atoms with van der Waals surface area (Å²) in [5.41, 5.74) is 0.345. The summed E-state index contributed by atoms with van der Waals surface area (Å²) in [7, 11) is 1.80. The van der Waals surface area contributed by atoms with Crippen LogP contribution in [0.3, 0.4) is 0 Å². The Morgan fingerprint density at radius 3 is 2.62 bits per heavy atom. The molecule has 2 bridgehead atoms. The number of carbonyl (C=O) groups excluding carboxylic acids is 1. The predicted octanol–water partition coefficient (Wildman–Crippen LogP) is 1.95. The van der Waals surface area contributed by atoms with Crippen molar-refractivity contribution in [2.45, 2.75) is 43.8 Å². The van der Waals surface area contributed by atoms with Crippen LogP contribution in [-0.4, -0.2) is 40.9 Å². The van der Waals surface area contributed by atoms with Gasteiger partial charge < -0.3 is 10.2 Å². The second-order valence-corrected chi connectivity index (χ2v) is 5.99. The third-order valence-corrected chi connectivity index (χ3v) is 4.62. The summed E-state index contributed by atoms with van der Waals surface area (Å²) in [6.07, 6.45) is 4.29. The molecule has 0 aliphatic carbocycles. The zero-order valence-corrected chi connectivity index (χ0v) is 12.0. The van der Waals surface area contributed by atoms with Gasteiger partial charge in [0, 0.05) is 42.9 Å². The van der Waals surface area contributed by atoms with Crippen molar-refractivity contribution in [2.24, 2.45) is 0 Å². The molecule has 2 unspecified atom stereocenters. The number of non-ortho nitro benzene ring substituents is 1. The van der Waals surface area contributed by atoms with Gasteiger partial charge in [-0.15, -0.1) is 0 Å². The number of hydrogen-bond donors (Lipinski definition) is 1. The maximum atomic E-state index is 12.5. The molecular formula is C15H19N3O3. The van der Waals surface area contributed by atoms with Gasteiger partial charge in [-0.2, -0.15) is 0 Å². The standard InChI is InChI=1S/C15H19N3O3/c1-17(14-8-11-5-6-12(9-14)16-11)15(19)10-3-2-4-13(7-10)18(20)21/h2-4,7,11-12,14,16H,5-6,8-9H2,1H3. The van der Waals surface area contributed by atoms with Crippen molar-refractivity contribution in [3.8, 4) is 0 Å². The maximum Gasteiger partial charge on any atom is 0.270 e. The number of rotatable bonds is 3. The largest absolute Gasteiger partial charge is 0.339 e. The SMILES string of the molecule is CN(C(=O)c1cccc([N+](=O)[O-])c1)C1CC2CCC(C1)N2. The van der Waals surface area contributed by atoms with E-state index in [2.05, 4.69) is 5.32 Å². The minimum atomic E-state index is -0.471. The van der Waals surface area contributed by atoms with Crippen LogP contribution in [0.1, 0.15) is 36.0 Å². The molecule has 0 saturated carbocycles. The molecule has 1 N–H and O–H groups in total. The van der Waals surface area contributed by atoms with E-state index < -0.39 is 4.92 Å². The molecule has 0 aromatic heterocycles. The minimum Gasteiger partial charge on any atom is -0.339 e. The van der Waals surface area contributed by atoms with Gasteiger partial charge in [-0.3, -0.25) is 14.9 Å². The van der Waals surface area contributed by atoms with E-state index in [9.17, 15) is 14.9 Å². The molecule has 1 amide bonds. The lowest BCUT2D eigenvalue weighted by Gasteiger charge is -2.35. The van der Waals surface area contributed by atoms with Gasteiger partial charge in [-0.05, 0) is 31.7 Å². The van der Waals surface area contributed by atoms with Gasteiger partial charge in [-0.1, -0.05) is 6.07 Å². The highest BCUT2D eigenvalue weighted by Gasteiger charge is 2.36. The molecule has 2 aliphatic rings. The topological polar surface area (TPSA) is 75.5 Å². The van der Waals surface area contributed by atoms with Crippen LogP contribution < -0.4 is 5.32 Å². The van der Waals surface area contributed by atoms with E-state index in [1.54, 1.807) is 24.1 Å². The van der Waals surface area contributed by atoms with Gasteiger partial charge in [0.1, 0.15) is 0 Å². The Kier molecular flexibility index (Phi) is 3.63. The lowest BCUT2D eigenvalue weighted by Crippen LogP contribution is -2.48. The fourth-order valence-corrected chi connectivity index (χ4v) is 3.47. The van der Waals surface area contributed by atoms with Gasteiger partial charge in [0.05, 0.1) is 4.92 Å². The highest BCUT2D eigenvalue weighted by Crippen LogP contribution is 2.30. The molecule has 1 aromatic carbocycles. The van der Waals surface area contributed by atoms with E-state index >= 15 is 0 Å². The van der Waals surface area contributed by atoms with E-state index in [1.807, 2.05) is 0 Å². The highest BCUT2D eigenvalue weighted by atomic mass is 16.6. The first-order valence-electron chi connectivity index (χ1n) is 7.32. The van der Waals surface area contributed by atoms with E-state index in [0.29, 0.717) is 17.6 Å². The molecule has 2 atom stereocenters. The fourth-order valence-electron chi connectivity index (χ4n) is 3.47. The molecule has 3 rings (SSSR count). The number of amides is 1. The summed E-state index contributed by atoms with van der Waals surface area (Å²) in [5.74, 6) is -0.134. The summed E-state index contributed by atoms with van der Waals surface area (Å²) in [6.45, 7) is 0. The lowest BCUT2D eigenvalue weighted by molar-refractivity contribution is -0.384. The number of hydrogen-bond acceptors (Lipinski definition) is 4. The number of nitrogens with one attached hydrogen (secondary N) is 1. The first-order valence-corrected chi connectivity index (χ1v) is 7.32. The van der Waals surface area contributed by atoms with Crippen LogP contribution in [-0.2, 0) is 0 Å². The van der Waals surface area contributed by atoms with Crippen LogP contribution >= 0.6 is 0 Å². The van der Waals surface area contributed by atoms with Crippen molar-refractivity contribution in [1.82, 2.24) is 10.2 Å². The molecule has 2 fully saturated rings. The van der Waals surface area contributed by atoms with Gasteiger partial charge in [0.2, 0.25) is 0 Å². The van der Waals surface area contributed by atoms with E-state index in [1.165, 1.54) is 25.0 Å². The Labute approximate surface area is 123 Å². The average molecular weight is 289 g/mol. The monoisotopic (exact) mass is 289 g/mol. The smallest absolute Gasteiger partial charge is 0.270 e. The molecule has 2 heterocycles. The summed E-state index contributed by atoms with van der Waals surface area (Å²) < 4.78 is 0. The van der Waals surface area contributed by atoms with Crippen LogP contribution in [0.4, 0.5) is 5.69 Å². The quantitative estimate of drug-likeness (QED) is 0.681. The Morgan fingerprint density at radius 2 is 2.00 bits per heavy atom. The molecule has 2 aliphatic heterocycles. The third kappa shape index (κ3) is 2.76. The maximum absolute atomic E-state index is 12.5. The molecule has 2 saturated heterocycles. The summed E-state index contributed by atoms with van der Waals surface area (Å²) in [6, 6.07) is 7.20. The predicted molar refractivity (Wildman–Crippen MR) is 78.2 cm³/mol. The van der Waals surface area contributed by atoms with Crippen LogP contribution in [0.15, 0.2) is 24.3 Å². The number of nitro groups is 1. The van der Waals surface area contributed by atoms with E-state index in [4.69, 9.17) is 0 Å². The number of fused-ring (bicyclic) bond motifs is 2. The van der Waals surface area contributed by atoms with Crippen molar-refractivity contribution < 1.29 is 9.72 Å². The number of nitrogens with zero attached hydrogens (tertiary/aromatic N) is 2. The van der Waals surface area contributed by atoms with Crippen LogP contribution in [0.25, 0.3) is 0 Å². The molecule has 1 aromatic rings. The number of piperidine rings is 1. The average Bonchev–Trinajstić information content (AvgIpc) is 2.84. The lowest BCUT2D eigenvalue weighted by atomic mass is 9.98. The zero-order chi connectivity index (χ0) is 15.0. The van der Waals surface area contributed by atoms with Gasteiger partial charge >= 0.3 is 0 Å². The minimum absolute atomic E-state index is 0.0420. The first kappa shape index (κ1) is 14.0. The molecule has 6 heteroatoms. The normalized spacial score (nSPS) is 27.4. The molecule has 112 valence electrons. The van der Waals surface area contributed by atoms with E-state index in [0.717, 1.165) is 12.8 Å². The second-order valence-electron chi connectivity index (χ2n) is 5.99. The van der Waals surface area contributed by atoms with Crippen molar-refractivity contribution in [1.29, 1.82) is 0 Å². The van der Waals surface area contributed by atoms with Crippen LogP contribution in [0, 0.1) is 10.1 Å². The molecule has 6 nitrogen and oxygen atoms in total. The van der Waals surface area contributed by atoms with Crippen molar-refractivity contribution in [2.75, 3.05) is 7.05 Å². The van der Waals surface area contributed by atoms with Gasteiger partial charge in [-0.25, -0.2) is 0 Å².